The van der Waals surface area contributed by atoms with Crippen LogP contribution in [-0.4, -0.2) is 27.5 Å². The fourth-order valence-corrected chi connectivity index (χ4v) is 4.06. The van der Waals surface area contributed by atoms with Crippen LogP contribution in [0.5, 0.6) is 0 Å². The van der Waals surface area contributed by atoms with Crippen LogP contribution in [0.15, 0.2) is 23.1 Å². The Balaban J connectivity index is 2.28. The van der Waals surface area contributed by atoms with Crippen LogP contribution in [0, 0.1) is 24.2 Å². The lowest BCUT2D eigenvalue weighted by Gasteiger charge is -2.30. The number of hydrogen-bond donors (Lipinski definition) is 2. The van der Waals surface area contributed by atoms with E-state index in [1.165, 1.54) is 6.07 Å². The molecule has 0 aliphatic carbocycles. The highest BCUT2D eigenvalue weighted by Crippen LogP contribution is 2.19. The van der Waals surface area contributed by atoms with Crippen molar-refractivity contribution in [3.05, 3.63) is 29.3 Å². The van der Waals surface area contributed by atoms with Crippen molar-refractivity contribution in [2.24, 2.45) is 5.92 Å². The molecule has 1 aliphatic heterocycles. The van der Waals surface area contributed by atoms with Gasteiger partial charge in [0.05, 0.1) is 16.5 Å². The van der Waals surface area contributed by atoms with Crippen molar-refractivity contribution in [2.75, 3.05) is 13.1 Å². The Morgan fingerprint density at radius 1 is 1.45 bits per heavy atom. The van der Waals surface area contributed by atoms with Crippen LogP contribution in [0.25, 0.3) is 0 Å². The number of nitriles is 1. The molecule has 0 amide bonds. The second-order valence-corrected chi connectivity index (χ2v) is 6.97. The Labute approximate surface area is 120 Å². The minimum Gasteiger partial charge on any atom is -0.316 e. The molecule has 1 aromatic carbocycles. The summed E-state index contributed by atoms with van der Waals surface area (Å²) in [5.41, 5.74) is 1.01. The lowest BCUT2D eigenvalue weighted by Crippen LogP contribution is -2.48. The molecular formula is C14H19N3O2S. The molecule has 6 heteroatoms. The molecule has 2 unspecified atom stereocenters. The van der Waals surface area contributed by atoms with Crippen LogP contribution in [-0.2, 0) is 10.0 Å². The number of sulfonamides is 1. The highest BCUT2D eigenvalue weighted by atomic mass is 32.2. The number of rotatable bonds is 3. The number of piperidine rings is 1. The van der Waals surface area contributed by atoms with Gasteiger partial charge in [0.25, 0.3) is 0 Å². The van der Waals surface area contributed by atoms with Crippen molar-refractivity contribution in [1.82, 2.24) is 10.0 Å². The number of hydrogen-bond acceptors (Lipinski definition) is 4. The maximum atomic E-state index is 12.5. The van der Waals surface area contributed by atoms with E-state index in [4.69, 9.17) is 5.26 Å². The largest absolute Gasteiger partial charge is 0.316 e. The molecule has 1 fully saturated rings. The molecular weight excluding hydrogens is 274 g/mol. The Morgan fingerprint density at radius 3 is 2.85 bits per heavy atom. The standard InChI is InChI=1S/C14H19N3O2S/c1-10-3-4-12(8-15)7-14(10)20(18,19)17-13-5-6-16-9-11(13)2/h3-4,7,11,13,16-17H,5-6,9H2,1-2H3. The van der Waals surface area contributed by atoms with Crippen LogP contribution in [0.3, 0.4) is 0 Å². The summed E-state index contributed by atoms with van der Waals surface area (Å²) < 4.78 is 27.8. The van der Waals surface area contributed by atoms with Crippen molar-refractivity contribution in [3.8, 4) is 6.07 Å². The summed E-state index contributed by atoms with van der Waals surface area (Å²) in [5.74, 6) is 0.248. The van der Waals surface area contributed by atoms with E-state index in [0.29, 0.717) is 11.1 Å². The molecule has 0 saturated carbocycles. The smallest absolute Gasteiger partial charge is 0.241 e. The zero-order chi connectivity index (χ0) is 14.8. The third-order valence-electron chi connectivity index (χ3n) is 3.70. The molecule has 0 spiro atoms. The summed E-state index contributed by atoms with van der Waals surface area (Å²) in [5, 5.41) is 12.2. The van der Waals surface area contributed by atoms with E-state index >= 15 is 0 Å². The molecule has 0 radical (unpaired) electrons. The maximum absolute atomic E-state index is 12.5. The highest BCUT2D eigenvalue weighted by Gasteiger charge is 2.27. The summed E-state index contributed by atoms with van der Waals surface area (Å²) in [6.45, 7) is 5.39. The Morgan fingerprint density at radius 2 is 2.20 bits per heavy atom. The monoisotopic (exact) mass is 293 g/mol. The third kappa shape index (κ3) is 3.18. The fourth-order valence-electron chi connectivity index (χ4n) is 2.41. The molecule has 20 heavy (non-hydrogen) atoms. The Hall–Kier alpha value is -1.42. The van der Waals surface area contributed by atoms with E-state index in [0.717, 1.165) is 19.5 Å². The van der Waals surface area contributed by atoms with Crippen LogP contribution >= 0.6 is 0 Å². The fraction of sp³-hybridized carbons (Fsp3) is 0.500. The van der Waals surface area contributed by atoms with Gasteiger partial charge in [-0.2, -0.15) is 5.26 Å². The summed E-state index contributed by atoms with van der Waals surface area (Å²) in [7, 11) is -3.58. The normalized spacial score (nSPS) is 23.2. The van der Waals surface area contributed by atoms with Gasteiger partial charge in [0.2, 0.25) is 10.0 Å². The van der Waals surface area contributed by atoms with Crippen LogP contribution in [0.2, 0.25) is 0 Å². The van der Waals surface area contributed by atoms with Crippen molar-refractivity contribution in [1.29, 1.82) is 5.26 Å². The third-order valence-corrected chi connectivity index (χ3v) is 5.33. The van der Waals surface area contributed by atoms with Gasteiger partial charge in [0.15, 0.2) is 0 Å². The summed E-state index contributed by atoms with van der Waals surface area (Å²) in [6.07, 6.45) is 0.775. The van der Waals surface area contributed by atoms with E-state index in [9.17, 15) is 8.42 Å². The van der Waals surface area contributed by atoms with Gasteiger partial charge in [-0.25, -0.2) is 13.1 Å². The molecule has 1 aromatic rings. The van der Waals surface area contributed by atoms with E-state index < -0.39 is 10.0 Å². The van der Waals surface area contributed by atoms with Gasteiger partial charge in [-0.3, -0.25) is 0 Å². The molecule has 2 rings (SSSR count). The second-order valence-electron chi connectivity index (χ2n) is 5.29. The van der Waals surface area contributed by atoms with Gasteiger partial charge >= 0.3 is 0 Å². The lowest BCUT2D eigenvalue weighted by molar-refractivity contribution is 0.328. The zero-order valence-corrected chi connectivity index (χ0v) is 12.5. The van der Waals surface area contributed by atoms with E-state index in [2.05, 4.69) is 10.0 Å². The minimum atomic E-state index is -3.58. The molecule has 1 saturated heterocycles. The molecule has 2 atom stereocenters. The number of aryl methyl sites for hydroxylation is 1. The molecule has 2 N–H and O–H groups in total. The quantitative estimate of drug-likeness (QED) is 0.875. The first-order chi connectivity index (χ1) is 9.44. The summed E-state index contributed by atoms with van der Waals surface area (Å²) in [4.78, 5) is 0.197. The minimum absolute atomic E-state index is 0.0635. The van der Waals surface area contributed by atoms with Gasteiger partial charge < -0.3 is 5.32 Å². The predicted molar refractivity (Wildman–Crippen MR) is 76.7 cm³/mol. The van der Waals surface area contributed by atoms with Gasteiger partial charge in [0.1, 0.15) is 0 Å². The molecule has 0 bridgehead atoms. The van der Waals surface area contributed by atoms with Crippen LogP contribution in [0.1, 0.15) is 24.5 Å². The zero-order valence-electron chi connectivity index (χ0n) is 11.7. The number of benzene rings is 1. The SMILES string of the molecule is Cc1ccc(C#N)cc1S(=O)(=O)NC1CCNCC1C. The van der Waals surface area contributed by atoms with Gasteiger partial charge in [-0.15, -0.1) is 0 Å². The van der Waals surface area contributed by atoms with Crippen molar-refractivity contribution < 1.29 is 8.42 Å². The molecule has 1 heterocycles. The van der Waals surface area contributed by atoms with Gasteiger partial charge in [0, 0.05) is 6.04 Å². The van der Waals surface area contributed by atoms with Crippen molar-refractivity contribution in [2.45, 2.75) is 31.2 Å². The first-order valence-corrected chi connectivity index (χ1v) is 8.16. The topological polar surface area (TPSA) is 82.0 Å². The Bertz CT molecular complexity index is 634. The average Bonchev–Trinajstić information content (AvgIpc) is 2.41. The van der Waals surface area contributed by atoms with E-state index in [1.807, 2.05) is 13.0 Å². The van der Waals surface area contributed by atoms with Crippen molar-refractivity contribution in [3.63, 3.8) is 0 Å². The maximum Gasteiger partial charge on any atom is 0.241 e. The van der Waals surface area contributed by atoms with E-state index in [1.54, 1.807) is 19.1 Å². The second kappa shape index (κ2) is 5.92. The van der Waals surface area contributed by atoms with Gasteiger partial charge in [-0.1, -0.05) is 13.0 Å². The first kappa shape index (κ1) is 15.0. The summed E-state index contributed by atoms with van der Waals surface area (Å²) in [6, 6.07) is 6.64. The lowest BCUT2D eigenvalue weighted by atomic mass is 9.97. The molecule has 108 valence electrons. The highest BCUT2D eigenvalue weighted by molar-refractivity contribution is 7.89. The molecule has 0 aromatic heterocycles. The number of nitrogens with zero attached hydrogens (tertiary/aromatic N) is 1. The average molecular weight is 293 g/mol. The Kier molecular flexibility index (Phi) is 4.43. The van der Waals surface area contributed by atoms with Crippen molar-refractivity contribution >= 4 is 10.0 Å². The van der Waals surface area contributed by atoms with Gasteiger partial charge in [-0.05, 0) is 50.0 Å². The first-order valence-electron chi connectivity index (χ1n) is 6.68. The molecule has 1 aliphatic rings. The number of nitrogens with one attached hydrogen (secondary N) is 2. The molecule has 5 nitrogen and oxygen atoms in total. The van der Waals surface area contributed by atoms with E-state index in [-0.39, 0.29) is 16.9 Å². The van der Waals surface area contributed by atoms with Crippen LogP contribution < -0.4 is 10.0 Å². The predicted octanol–water partition coefficient (Wildman–Crippen LogP) is 1.14. The summed E-state index contributed by atoms with van der Waals surface area (Å²) >= 11 is 0. The van der Waals surface area contributed by atoms with Crippen LogP contribution in [0.4, 0.5) is 0 Å².